The smallest absolute Gasteiger partial charge is 0.323 e. The number of ether oxygens (including phenoxy) is 1. The molecule has 0 heterocycles. The molecule has 1 aromatic rings. The number of methoxy groups -OCH3 is 1. The minimum atomic E-state index is -0.339. The quantitative estimate of drug-likeness (QED) is 0.805. The molecule has 1 rings (SSSR count). The van der Waals surface area contributed by atoms with Gasteiger partial charge in [0.1, 0.15) is 11.9 Å². The zero-order valence-corrected chi connectivity index (χ0v) is 11.9. The second kappa shape index (κ2) is 7.24. The van der Waals surface area contributed by atoms with E-state index in [4.69, 9.17) is 4.74 Å². The molecule has 0 spiro atoms. The van der Waals surface area contributed by atoms with E-state index in [0.717, 1.165) is 5.56 Å². The molecule has 1 N–H and O–H groups in total. The molecule has 106 valence electrons. The Morgan fingerprint density at radius 1 is 1.37 bits per heavy atom. The van der Waals surface area contributed by atoms with E-state index < -0.39 is 0 Å². The molecule has 4 heteroatoms. The van der Waals surface area contributed by atoms with Crippen LogP contribution in [0.3, 0.4) is 0 Å². The van der Waals surface area contributed by atoms with Crippen LogP contribution in [0.2, 0.25) is 0 Å². The first kappa shape index (κ1) is 15.6. The summed E-state index contributed by atoms with van der Waals surface area (Å²) in [5.41, 5.74) is 0.910. The lowest BCUT2D eigenvalue weighted by molar-refractivity contribution is -0.144. The standard InChI is InChI=1S/C15H22FNO2/c1-10(2)14(15(18)19-4)17-11(3)8-12-6-5-7-13(16)9-12/h5-7,9-11,14,17H,8H2,1-4H3/t11?,14-/m0/s1. The summed E-state index contributed by atoms with van der Waals surface area (Å²) in [6.07, 6.45) is 0.665. The predicted molar refractivity (Wildman–Crippen MR) is 73.3 cm³/mol. The first-order valence-electron chi connectivity index (χ1n) is 6.52. The monoisotopic (exact) mass is 267 g/mol. The van der Waals surface area contributed by atoms with Gasteiger partial charge < -0.3 is 10.1 Å². The van der Waals surface area contributed by atoms with Crippen LogP contribution in [0.15, 0.2) is 24.3 Å². The van der Waals surface area contributed by atoms with E-state index in [2.05, 4.69) is 5.32 Å². The number of esters is 1. The average Bonchev–Trinajstić information content (AvgIpc) is 2.34. The number of carbonyl (C=O) groups is 1. The van der Waals surface area contributed by atoms with E-state index in [1.54, 1.807) is 6.07 Å². The van der Waals surface area contributed by atoms with Crippen molar-refractivity contribution in [3.8, 4) is 0 Å². The molecule has 0 radical (unpaired) electrons. The Morgan fingerprint density at radius 2 is 2.05 bits per heavy atom. The Balaban J connectivity index is 2.62. The Kier molecular flexibility index (Phi) is 5.96. The van der Waals surface area contributed by atoms with Crippen molar-refractivity contribution in [1.82, 2.24) is 5.32 Å². The van der Waals surface area contributed by atoms with Gasteiger partial charge in [-0.3, -0.25) is 4.79 Å². The molecule has 0 amide bonds. The van der Waals surface area contributed by atoms with Crippen LogP contribution in [0.5, 0.6) is 0 Å². The molecule has 0 aliphatic rings. The summed E-state index contributed by atoms with van der Waals surface area (Å²) >= 11 is 0. The molecule has 1 aromatic carbocycles. The highest BCUT2D eigenvalue weighted by Crippen LogP contribution is 2.09. The minimum absolute atomic E-state index is 0.0632. The lowest BCUT2D eigenvalue weighted by Gasteiger charge is -2.24. The molecule has 0 aliphatic heterocycles. The number of hydrogen-bond acceptors (Lipinski definition) is 3. The third-order valence-electron chi connectivity index (χ3n) is 3.02. The fourth-order valence-electron chi connectivity index (χ4n) is 2.04. The van der Waals surface area contributed by atoms with E-state index in [0.29, 0.717) is 6.42 Å². The molecular formula is C15H22FNO2. The summed E-state index contributed by atoms with van der Waals surface area (Å²) in [6.45, 7) is 5.90. The van der Waals surface area contributed by atoms with Gasteiger partial charge in [0.2, 0.25) is 0 Å². The maximum absolute atomic E-state index is 13.1. The van der Waals surface area contributed by atoms with Gasteiger partial charge in [-0.25, -0.2) is 4.39 Å². The number of nitrogens with one attached hydrogen (secondary N) is 1. The Hall–Kier alpha value is -1.42. The molecule has 0 saturated carbocycles. The first-order valence-corrected chi connectivity index (χ1v) is 6.52. The lowest BCUT2D eigenvalue weighted by atomic mass is 10.0. The van der Waals surface area contributed by atoms with Gasteiger partial charge in [0.25, 0.3) is 0 Å². The SMILES string of the molecule is COC(=O)[C@@H](NC(C)Cc1cccc(F)c1)C(C)C. The summed E-state index contributed by atoms with van der Waals surface area (Å²) in [5, 5.41) is 3.24. The fraction of sp³-hybridized carbons (Fsp3) is 0.533. The molecule has 2 atom stereocenters. The third kappa shape index (κ3) is 4.99. The van der Waals surface area contributed by atoms with E-state index in [1.807, 2.05) is 26.8 Å². The largest absolute Gasteiger partial charge is 0.468 e. The van der Waals surface area contributed by atoms with Crippen LogP contribution in [-0.4, -0.2) is 25.2 Å². The van der Waals surface area contributed by atoms with Crippen LogP contribution in [0.1, 0.15) is 26.3 Å². The molecule has 0 saturated heterocycles. The molecule has 0 aliphatic carbocycles. The Bertz CT molecular complexity index is 420. The number of rotatable bonds is 6. The van der Waals surface area contributed by atoms with Gasteiger partial charge in [-0.2, -0.15) is 0 Å². The van der Waals surface area contributed by atoms with Crippen LogP contribution >= 0.6 is 0 Å². The zero-order valence-electron chi connectivity index (χ0n) is 11.9. The Labute approximate surface area is 114 Å². The van der Waals surface area contributed by atoms with Crippen molar-refractivity contribution in [2.24, 2.45) is 5.92 Å². The number of carbonyl (C=O) groups excluding carboxylic acids is 1. The molecular weight excluding hydrogens is 245 g/mol. The minimum Gasteiger partial charge on any atom is -0.468 e. The van der Waals surface area contributed by atoms with Gasteiger partial charge >= 0.3 is 5.97 Å². The summed E-state index contributed by atoms with van der Waals surface area (Å²) in [6, 6.07) is 6.23. The van der Waals surface area contributed by atoms with Gasteiger partial charge in [-0.1, -0.05) is 26.0 Å². The highest BCUT2D eigenvalue weighted by Gasteiger charge is 2.24. The van der Waals surface area contributed by atoms with E-state index in [-0.39, 0.29) is 29.8 Å². The third-order valence-corrected chi connectivity index (χ3v) is 3.02. The maximum Gasteiger partial charge on any atom is 0.323 e. The fourth-order valence-corrected chi connectivity index (χ4v) is 2.04. The van der Waals surface area contributed by atoms with Crippen molar-refractivity contribution in [3.63, 3.8) is 0 Å². The van der Waals surface area contributed by atoms with Crippen LogP contribution in [0.4, 0.5) is 4.39 Å². The van der Waals surface area contributed by atoms with Gasteiger partial charge in [0, 0.05) is 6.04 Å². The molecule has 0 fully saturated rings. The number of hydrogen-bond donors (Lipinski definition) is 1. The normalized spacial score (nSPS) is 14.2. The van der Waals surface area contributed by atoms with Crippen LogP contribution in [0, 0.1) is 11.7 Å². The highest BCUT2D eigenvalue weighted by atomic mass is 19.1. The second-order valence-corrected chi connectivity index (χ2v) is 5.15. The first-order chi connectivity index (χ1) is 8.93. The van der Waals surface area contributed by atoms with E-state index in [1.165, 1.54) is 19.2 Å². The van der Waals surface area contributed by atoms with Crippen LogP contribution in [0.25, 0.3) is 0 Å². The van der Waals surface area contributed by atoms with Crippen molar-refractivity contribution in [2.75, 3.05) is 7.11 Å². The molecule has 3 nitrogen and oxygen atoms in total. The van der Waals surface area contributed by atoms with Crippen molar-refractivity contribution in [3.05, 3.63) is 35.6 Å². The van der Waals surface area contributed by atoms with Crippen LogP contribution in [-0.2, 0) is 16.0 Å². The van der Waals surface area contributed by atoms with Crippen molar-refractivity contribution in [1.29, 1.82) is 0 Å². The van der Waals surface area contributed by atoms with Crippen molar-refractivity contribution >= 4 is 5.97 Å². The summed E-state index contributed by atoms with van der Waals surface area (Å²) < 4.78 is 17.9. The van der Waals surface area contributed by atoms with Gasteiger partial charge in [0.05, 0.1) is 7.11 Å². The zero-order chi connectivity index (χ0) is 14.4. The predicted octanol–water partition coefficient (Wildman–Crippen LogP) is 2.54. The summed E-state index contributed by atoms with van der Waals surface area (Å²) in [5.74, 6) is -0.360. The molecule has 0 aromatic heterocycles. The van der Waals surface area contributed by atoms with Crippen molar-refractivity contribution < 1.29 is 13.9 Å². The molecule has 1 unspecified atom stereocenters. The van der Waals surface area contributed by atoms with Crippen LogP contribution < -0.4 is 5.32 Å². The second-order valence-electron chi connectivity index (χ2n) is 5.15. The highest BCUT2D eigenvalue weighted by molar-refractivity contribution is 5.75. The van der Waals surface area contributed by atoms with E-state index in [9.17, 15) is 9.18 Å². The topological polar surface area (TPSA) is 38.3 Å². The maximum atomic E-state index is 13.1. The molecule has 0 bridgehead atoms. The number of benzene rings is 1. The van der Waals surface area contributed by atoms with Crippen molar-refractivity contribution in [2.45, 2.75) is 39.3 Å². The lowest BCUT2D eigenvalue weighted by Crippen LogP contribution is -2.46. The van der Waals surface area contributed by atoms with Gasteiger partial charge in [0.15, 0.2) is 0 Å². The Morgan fingerprint density at radius 3 is 2.58 bits per heavy atom. The summed E-state index contributed by atoms with van der Waals surface area (Å²) in [4.78, 5) is 11.7. The van der Waals surface area contributed by atoms with Gasteiger partial charge in [-0.05, 0) is 37.0 Å². The average molecular weight is 267 g/mol. The van der Waals surface area contributed by atoms with E-state index >= 15 is 0 Å². The number of halogens is 1. The molecule has 19 heavy (non-hydrogen) atoms. The van der Waals surface area contributed by atoms with Gasteiger partial charge in [-0.15, -0.1) is 0 Å². The summed E-state index contributed by atoms with van der Waals surface area (Å²) in [7, 11) is 1.39.